The number of hydrogen-bond acceptors (Lipinski definition) is 6. The van der Waals surface area contributed by atoms with Gasteiger partial charge in [-0.15, -0.1) is 11.3 Å². The van der Waals surface area contributed by atoms with Gasteiger partial charge in [-0.05, 0) is 42.9 Å². The zero-order valence-corrected chi connectivity index (χ0v) is 15.2. The largest absolute Gasteiger partial charge is 0.454 e. The average molecular weight is 373 g/mol. The van der Waals surface area contributed by atoms with Gasteiger partial charge < -0.3 is 19.5 Å². The molecule has 0 saturated carbocycles. The van der Waals surface area contributed by atoms with Crippen LogP contribution in [-0.2, 0) is 22.4 Å². The zero-order chi connectivity index (χ0) is 18.1. The number of fused-ring (bicyclic) bond motifs is 2. The fourth-order valence-electron chi connectivity index (χ4n) is 3.23. The number of ether oxygens (including phenoxy) is 3. The first-order valence-electron chi connectivity index (χ1n) is 8.56. The topological polar surface area (TPSA) is 73.9 Å². The molecule has 2 aliphatic rings. The van der Waals surface area contributed by atoms with Crippen LogP contribution < -0.4 is 14.8 Å². The lowest BCUT2D eigenvalue weighted by molar-refractivity contribution is -0.119. The van der Waals surface area contributed by atoms with Crippen LogP contribution in [0.25, 0.3) is 0 Å². The lowest BCUT2D eigenvalue weighted by atomic mass is 9.88. The molecule has 136 valence electrons. The summed E-state index contributed by atoms with van der Waals surface area (Å²) in [5.41, 5.74) is 2.26. The third-order valence-corrected chi connectivity index (χ3v) is 5.66. The normalized spacial score (nSPS) is 17.5. The summed E-state index contributed by atoms with van der Waals surface area (Å²) >= 11 is 1.61. The van der Waals surface area contributed by atoms with E-state index in [1.165, 1.54) is 4.88 Å². The molecule has 1 aliphatic carbocycles. The Morgan fingerprint density at radius 3 is 3.04 bits per heavy atom. The number of thiophene rings is 1. The van der Waals surface area contributed by atoms with Crippen molar-refractivity contribution in [2.24, 2.45) is 5.92 Å². The molecule has 0 spiro atoms. The van der Waals surface area contributed by atoms with Crippen molar-refractivity contribution in [2.45, 2.75) is 26.2 Å². The van der Waals surface area contributed by atoms with E-state index in [0.717, 1.165) is 24.8 Å². The number of carbonyl (C=O) groups is 2. The minimum absolute atomic E-state index is 0.175. The summed E-state index contributed by atoms with van der Waals surface area (Å²) in [6, 6.07) is 5.12. The van der Waals surface area contributed by atoms with Crippen molar-refractivity contribution in [3.8, 4) is 11.5 Å². The zero-order valence-electron chi connectivity index (χ0n) is 14.4. The predicted molar refractivity (Wildman–Crippen MR) is 97.0 cm³/mol. The number of benzene rings is 1. The molecule has 0 fully saturated rings. The maximum absolute atomic E-state index is 12.3. The average Bonchev–Trinajstić information content (AvgIpc) is 3.25. The summed E-state index contributed by atoms with van der Waals surface area (Å²) in [4.78, 5) is 25.7. The number of nitrogens with one attached hydrogen (secondary N) is 1. The molecule has 1 unspecified atom stereocenters. The standard InChI is InChI=1S/C19H19NO5S/c1-11-2-4-13-14(9-26-17(13)6-11)19(22)23-8-18(21)20-12-3-5-15-16(7-12)25-10-24-15/h3,5,7,9,11H,2,4,6,8,10H2,1H3,(H,20,21). The van der Waals surface area contributed by atoms with E-state index in [2.05, 4.69) is 12.2 Å². The van der Waals surface area contributed by atoms with Gasteiger partial charge in [-0.25, -0.2) is 4.79 Å². The Balaban J connectivity index is 1.34. The third kappa shape index (κ3) is 3.39. The van der Waals surface area contributed by atoms with E-state index in [0.29, 0.717) is 28.7 Å². The third-order valence-electron chi connectivity index (χ3n) is 4.61. The van der Waals surface area contributed by atoms with Crippen LogP contribution in [0.5, 0.6) is 11.5 Å². The predicted octanol–water partition coefficient (Wildman–Crippen LogP) is 3.40. The Morgan fingerprint density at radius 1 is 1.31 bits per heavy atom. The van der Waals surface area contributed by atoms with Gasteiger partial charge in [0.15, 0.2) is 18.1 Å². The van der Waals surface area contributed by atoms with Crippen LogP contribution in [0, 0.1) is 5.92 Å². The van der Waals surface area contributed by atoms with Gasteiger partial charge in [0, 0.05) is 22.0 Å². The van der Waals surface area contributed by atoms with Crippen LogP contribution >= 0.6 is 11.3 Å². The van der Waals surface area contributed by atoms with Gasteiger partial charge in [-0.3, -0.25) is 4.79 Å². The van der Waals surface area contributed by atoms with E-state index >= 15 is 0 Å². The van der Waals surface area contributed by atoms with Crippen LogP contribution in [0.4, 0.5) is 5.69 Å². The maximum Gasteiger partial charge on any atom is 0.339 e. The maximum atomic E-state index is 12.3. The van der Waals surface area contributed by atoms with Crippen LogP contribution in [0.3, 0.4) is 0 Å². The first-order chi connectivity index (χ1) is 12.6. The molecule has 0 radical (unpaired) electrons. The number of carbonyl (C=O) groups excluding carboxylic acids is 2. The highest BCUT2D eigenvalue weighted by molar-refractivity contribution is 7.10. The first kappa shape index (κ1) is 16.9. The van der Waals surface area contributed by atoms with Crippen molar-refractivity contribution in [3.05, 3.63) is 39.6 Å². The number of esters is 1. The molecule has 26 heavy (non-hydrogen) atoms. The minimum atomic E-state index is -0.433. The molecule has 4 rings (SSSR count). The van der Waals surface area contributed by atoms with Crippen LogP contribution in [0.2, 0.25) is 0 Å². The van der Waals surface area contributed by atoms with Gasteiger partial charge >= 0.3 is 5.97 Å². The van der Waals surface area contributed by atoms with E-state index in [-0.39, 0.29) is 13.4 Å². The van der Waals surface area contributed by atoms with Gasteiger partial charge in [0.2, 0.25) is 6.79 Å². The Kier molecular flexibility index (Phi) is 4.55. The quantitative estimate of drug-likeness (QED) is 0.832. The second-order valence-electron chi connectivity index (χ2n) is 6.59. The fraction of sp³-hybridized carbons (Fsp3) is 0.368. The Morgan fingerprint density at radius 2 is 2.15 bits per heavy atom. The van der Waals surface area contributed by atoms with E-state index < -0.39 is 11.9 Å². The molecule has 1 aliphatic heterocycles. The first-order valence-corrected chi connectivity index (χ1v) is 9.44. The summed E-state index contributed by atoms with van der Waals surface area (Å²) in [6.07, 6.45) is 2.99. The van der Waals surface area contributed by atoms with Crippen LogP contribution in [0.1, 0.15) is 34.1 Å². The van der Waals surface area contributed by atoms with Crippen LogP contribution in [-0.4, -0.2) is 25.3 Å². The van der Waals surface area contributed by atoms with Crippen molar-refractivity contribution < 1.29 is 23.8 Å². The molecular weight excluding hydrogens is 354 g/mol. The van der Waals surface area contributed by atoms with E-state index in [9.17, 15) is 9.59 Å². The molecule has 1 aromatic heterocycles. The summed E-state index contributed by atoms with van der Waals surface area (Å²) in [7, 11) is 0. The fourth-order valence-corrected chi connectivity index (χ4v) is 4.46. The molecule has 2 heterocycles. The molecule has 7 heteroatoms. The Hall–Kier alpha value is -2.54. The molecule has 1 amide bonds. The van der Waals surface area contributed by atoms with E-state index in [1.54, 1.807) is 29.5 Å². The van der Waals surface area contributed by atoms with Crippen molar-refractivity contribution in [1.29, 1.82) is 0 Å². The van der Waals surface area contributed by atoms with Crippen molar-refractivity contribution in [1.82, 2.24) is 0 Å². The van der Waals surface area contributed by atoms with Gasteiger partial charge in [0.1, 0.15) is 0 Å². The monoisotopic (exact) mass is 373 g/mol. The molecule has 1 aromatic carbocycles. The van der Waals surface area contributed by atoms with Crippen molar-refractivity contribution in [3.63, 3.8) is 0 Å². The van der Waals surface area contributed by atoms with Gasteiger partial charge in [-0.1, -0.05) is 6.92 Å². The van der Waals surface area contributed by atoms with E-state index in [1.807, 2.05) is 5.38 Å². The molecular formula is C19H19NO5S. The number of anilines is 1. The highest BCUT2D eigenvalue weighted by atomic mass is 32.1. The molecule has 2 aromatic rings. The second kappa shape index (κ2) is 6.99. The number of amides is 1. The molecule has 1 atom stereocenters. The van der Waals surface area contributed by atoms with Gasteiger partial charge in [-0.2, -0.15) is 0 Å². The van der Waals surface area contributed by atoms with Crippen LogP contribution in [0.15, 0.2) is 23.6 Å². The van der Waals surface area contributed by atoms with Gasteiger partial charge in [0.25, 0.3) is 5.91 Å². The summed E-state index contributed by atoms with van der Waals surface area (Å²) < 4.78 is 15.7. The summed E-state index contributed by atoms with van der Waals surface area (Å²) in [5.74, 6) is 1.05. The Bertz CT molecular complexity index is 860. The molecule has 1 N–H and O–H groups in total. The SMILES string of the molecule is CC1CCc2c(C(=O)OCC(=O)Nc3ccc4c(c3)OCO4)csc2C1. The lowest BCUT2D eigenvalue weighted by Gasteiger charge is -2.18. The minimum Gasteiger partial charge on any atom is -0.454 e. The van der Waals surface area contributed by atoms with Gasteiger partial charge in [0.05, 0.1) is 5.56 Å². The Labute approximate surface area is 155 Å². The molecule has 6 nitrogen and oxygen atoms in total. The summed E-state index contributed by atoms with van der Waals surface area (Å²) in [5, 5.41) is 4.54. The highest BCUT2D eigenvalue weighted by Crippen LogP contribution is 2.34. The van der Waals surface area contributed by atoms with E-state index in [4.69, 9.17) is 14.2 Å². The smallest absolute Gasteiger partial charge is 0.339 e. The highest BCUT2D eigenvalue weighted by Gasteiger charge is 2.24. The van der Waals surface area contributed by atoms with Crippen molar-refractivity contribution in [2.75, 3.05) is 18.7 Å². The van der Waals surface area contributed by atoms with Crippen molar-refractivity contribution >= 4 is 28.9 Å². The number of rotatable bonds is 4. The summed E-state index contributed by atoms with van der Waals surface area (Å²) in [6.45, 7) is 2.07. The second-order valence-corrected chi connectivity index (χ2v) is 7.56. The molecule has 0 bridgehead atoms. The number of hydrogen-bond donors (Lipinski definition) is 1. The molecule has 0 saturated heterocycles. The lowest BCUT2D eigenvalue weighted by Crippen LogP contribution is -2.21.